The van der Waals surface area contributed by atoms with Gasteiger partial charge in [0.2, 0.25) is 0 Å². The van der Waals surface area contributed by atoms with Crippen LogP contribution in [0.5, 0.6) is 0 Å². The summed E-state index contributed by atoms with van der Waals surface area (Å²) in [5, 5.41) is 0. The number of fused-ring (bicyclic) bond motifs is 3. The molecule has 0 heterocycles. The molecule has 0 heteroatoms. The van der Waals surface area contributed by atoms with E-state index < -0.39 is 0 Å². The van der Waals surface area contributed by atoms with Crippen LogP contribution in [0.4, 0.5) is 0 Å². The van der Waals surface area contributed by atoms with E-state index >= 15 is 0 Å². The molecule has 3 rings (SSSR count). The predicted octanol–water partition coefficient (Wildman–Crippen LogP) is 5.58. The molecule has 2 aliphatic rings. The van der Waals surface area contributed by atoms with Gasteiger partial charge in [0.05, 0.1) is 0 Å². The third-order valence-electron chi connectivity index (χ3n) is 5.38. The molecule has 2 aliphatic carbocycles. The van der Waals surface area contributed by atoms with E-state index in [0.717, 1.165) is 24.2 Å². The lowest BCUT2D eigenvalue weighted by Gasteiger charge is -2.31. The zero-order chi connectivity index (χ0) is 13.4. The molecule has 0 aromatic heterocycles. The molecule has 1 aromatic rings. The fraction of sp³-hybridized carbons (Fsp3) is 0.579. The van der Waals surface area contributed by atoms with E-state index in [2.05, 4.69) is 38.6 Å². The summed E-state index contributed by atoms with van der Waals surface area (Å²) in [6.45, 7) is 8.95. The van der Waals surface area contributed by atoms with Crippen LogP contribution in [-0.4, -0.2) is 0 Å². The van der Waals surface area contributed by atoms with Crippen molar-refractivity contribution in [1.82, 2.24) is 0 Å². The van der Waals surface area contributed by atoms with Crippen molar-refractivity contribution in [2.75, 3.05) is 0 Å². The van der Waals surface area contributed by atoms with Crippen LogP contribution >= 0.6 is 0 Å². The van der Waals surface area contributed by atoms with Crippen LogP contribution in [0.25, 0.3) is 5.57 Å². The largest absolute Gasteiger partial charge is 0.0952 e. The standard InChI is InChI=1S/C19H26/c1-4-6-13(2)15-9-10-16-12-18-14(3)7-5-8-17(18)19(16)11-15/h9-11,14,17-18H,2,4-8,12H2,1,3H3. The summed E-state index contributed by atoms with van der Waals surface area (Å²) in [5.41, 5.74) is 5.99. The topological polar surface area (TPSA) is 0 Å². The van der Waals surface area contributed by atoms with Crippen molar-refractivity contribution in [3.63, 3.8) is 0 Å². The van der Waals surface area contributed by atoms with Gasteiger partial charge in [-0.05, 0) is 59.3 Å². The van der Waals surface area contributed by atoms with E-state index in [0.29, 0.717) is 0 Å². The Labute approximate surface area is 117 Å². The summed E-state index contributed by atoms with van der Waals surface area (Å²) >= 11 is 0. The molecule has 0 bridgehead atoms. The van der Waals surface area contributed by atoms with Crippen LogP contribution in [-0.2, 0) is 6.42 Å². The minimum Gasteiger partial charge on any atom is -0.0952 e. The molecule has 0 amide bonds. The van der Waals surface area contributed by atoms with Gasteiger partial charge >= 0.3 is 0 Å². The minimum absolute atomic E-state index is 0.841. The molecular weight excluding hydrogens is 228 g/mol. The van der Waals surface area contributed by atoms with E-state index in [1.165, 1.54) is 43.2 Å². The zero-order valence-electron chi connectivity index (χ0n) is 12.4. The van der Waals surface area contributed by atoms with E-state index in [9.17, 15) is 0 Å². The Hall–Kier alpha value is -1.04. The van der Waals surface area contributed by atoms with Crippen molar-refractivity contribution in [1.29, 1.82) is 0 Å². The molecule has 0 spiro atoms. The Bertz CT molecular complexity index is 483. The van der Waals surface area contributed by atoms with Crippen LogP contribution in [0.1, 0.15) is 68.6 Å². The van der Waals surface area contributed by atoms with Crippen molar-refractivity contribution < 1.29 is 0 Å². The maximum atomic E-state index is 4.26. The van der Waals surface area contributed by atoms with Crippen molar-refractivity contribution in [3.05, 3.63) is 41.5 Å². The fourth-order valence-electron chi connectivity index (χ4n) is 4.26. The Kier molecular flexibility index (Phi) is 3.52. The van der Waals surface area contributed by atoms with Gasteiger partial charge in [-0.3, -0.25) is 0 Å². The fourth-order valence-corrected chi connectivity index (χ4v) is 4.26. The molecule has 1 aromatic carbocycles. The molecule has 0 saturated heterocycles. The highest BCUT2D eigenvalue weighted by molar-refractivity contribution is 5.65. The average molecular weight is 254 g/mol. The quantitative estimate of drug-likeness (QED) is 0.661. The second-order valence-corrected chi connectivity index (χ2v) is 6.65. The van der Waals surface area contributed by atoms with Gasteiger partial charge in [-0.15, -0.1) is 0 Å². The minimum atomic E-state index is 0.841. The van der Waals surface area contributed by atoms with E-state index in [4.69, 9.17) is 0 Å². The number of hydrogen-bond acceptors (Lipinski definition) is 0. The summed E-state index contributed by atoms with van der Waals surface area (Å²) in [6, 6.07) is 7.16. The lowest BCUT2D eigenvalue weighted by Crippen LogP contribution is -2.21. The van der Waals surface area contributed by atoms with Crippen molar-refractivity contribution in [2.45, 2.75) is 58.3 Å². The highest BCUT2D eigenvalue weighted by Gasteiger charge is 2.37. The monoisotopic (exact) mass is 254 g/mol. The summed E-state index contributed by atoms with van der Waals surface area (Å²) < 4.78 is 0. The normalized spacial score (nSPS) is 28.8. The average Bonchev–Trinajstić information content (AvgIpc) is 2.78. The van der Waals surface area contributed by atoms with Crippen LogP contribution in [0.15, 0.2) is 24.8 Å². The molecule has 0 nitrogen and oxygen atoms in total. The highest BCUT2D eigenvalue weighted by Crippen LogP contribution is 2.49. The first-order chi connectivity index (χ1) is 9.20. The predicted molar refractivity (Wildman–Crippen MR) is 83.3 cm³/mol. The third kappa shape index (κ3) is 2.26. The number of allylic oxidation sites excluding steroid dienone is 1. The Morgan fingerprint density at radius 2 is 2.16 bits per heavy atom. The van der Waals surface area contributed by atoms with E-state index in [1.54, 1.807) is 11.1 Å². The lowest BCUT2D eigenvalue weighted by atomic mass is 9.73. The van der Waals surface area contributed by atoms with Crippen molar-refractivity contribution in [3.8, 4) is 0 Å². The Morgan fingerprint density at radius 1 is 1.32 bits per heavy atom. The number of hydrogen-bond donors (Lipinski definition) is 0. The Balaban J connectivity index is 1.90. The van der Waals surface area contributed by atoms with Gasteiger partial charge in [0.15, 0.2) is 0 Å². The summed E-state index contributed by atoms with van der Waals surface area (Å²) in [4.78, 5) is 0. The molecule has 19 heavy (non-hydrogen) atoms. The van der Waals surface area contributed by atoms with Crippen LogP contribution in [0, 0.1) is 11.8 Å². The zero-order valence-corrected chi connectivity index (χ0v) is 12.4. The van der Waals surface area contributed by atoms with Gasteiger partial charge in [0.25, 0.3) is 0 Å². The van der Waals surface area contributed by atoms with Gasteiger partial charge in [-0.2, -0.15) is 0 Å². The van der Waals surface area contributed by atoms with Crippen LogP contribution < -0.4 is 0 Å². The molecular formula is C19H26. The maximum absolute atomic E-state index is 4.26. The maximum Gasteiger partial charge on any atom is -0.0125 e. The molecule has 0 aliphatic heterocycles. The molecule has 102 valence electrons. The second kappa shape index (κ2) is 5.15. The summed E-state index contributed by atoms with van der Waals surface area (Å²) in [7, 11) is 0. The second-order valence-electron chi connectivity index (χ2n) is 6.65. The van der Waals surface area contributed by atoms with E-state index in [1.807, 2.05) is 0 Å². The Morgan fingerprint density at radius 3 is 2.95 bits per heavy atom. The van der Waals surface area contributed by atoms with Gasteiger partial charge in [0.1, 0.15) is 0 Å². The first kappa shape index (κ1) is 13.0. The summed E-state index contributed by atoms with van der Waals surface area (Å²) in [5.74, 6) is 2.67. The van der Waals surface area contributed by atoms with Gasteiger partial charge in [0, 0.05) is 0 Å². The molecule has 0 N–H and O–H groups in total. The summed E-state index contributed by atoms with van der Waals surface area (Å²) in [6.07, 6.45) is 7.90. The smallest absolute Gasteiger partial charge is 0.0125 e. The molecule has 3 unspecified atom stereocenters. The number of benzene rings is 1. The highest BCUT2D eigenvalue weighted by atomic mass is 14.4. The van der Waals surface area contributed by atoms with Crippen LogP contribution in [0.3, 0.4) is 0 Å². The van der Waals surface area contributed by atoms with Crippen LogP contribution in [0.2, 0.25) is 0 Å². The molecule has 1 fully saturated rings. The van der Waals surface area contributed by atoms with Crippen molar-refractivity contribution >= 4 is 5.57 Å². The van der Waals surface area contributed by atoms with E-state index in [-0.39, 0.29) is 0 Å². The third-order valence-corrected chi connectivity index (χ3v) is 5.38. The van der Waals surface area contributed by atoms with Gasteiger partial charge in [-0.1, -0.05) is 57.9 Å². The first-order valence-electron chi connectivity index (χ1n) is 8.01. The molecule has 3 atom stereocenters. The van der Waals surface area contributed by atoms with Gasteiger partial charge in [-0.25, -0.2) is 0 Å². The molecule has 0 radical (unpaired) electrons. The SMILES string of the molecule is C=C(CCC)c1ccc2c(c1)C1CCCC(C)C1C2. The number of rotatable bonds is 3. The first-order valence-corrected chi connectivity index (χ1v) is 8.01. The van der Waals surface area contributed by atoms with Crippen molar-refractivity contribution in [2.24, 2.45) is 11.8 Å². The van der Waals surface area contributed by atoms with Gasteiger partial charge < -0.3 is 0 Å². The molecule has 1 saturated carbocycles. The lowest BCUT2D eigenvalue weighted by molar-refractivity contribution is 0.236.